The van der Waals surface area contributed by atoms with Crippen molar-refractivity contribution < 1.29 is 9.57 Å². The van der Waals surface area contributed by atoms with Crippen LogP contribution in [0.3, 0.4) is 0 Å². The topological polar surface area (TPSA) is 55.7 Å². The third kappa shape index (κ3) is 6.07. The molecule has 7 heteroatoms. The second-order valence-electron chi connectivity index (χ2n) is 6.32. The maximum atomic E-state index is 6.00. The molecule has 5 nitrogen and oxygen atoms in total. The average Bonchev–Trinajstić information content (AvgIpc) is 2.54. The van der Waals surface area contributed by atoms with E-state index in [0.717, 1.165) is 20.2 Å². The lowest BCUT2D eigenvalue weighted by molar-refractivity contribution is 0.213. The Labute approximate surface area is 167 Å². The number of rotatable bonds is 7. The minimum Gasteiger partial charge on any atom is -0.484 e. The molecule has 0 spiro atoms. The summed E-state index contributed by atoms with van der Waals surface area (Å²) >= 11 is 7.74. The Morgan fingerprint density at radius 1 is 1.44 bits per heavy atom. The van der Waals surface area contributed by atoms with Crippen molar-refractivity contribution in [3.05, 3.63) is 34.0 Å². The van der Waals surface area contributed by atoms with Crippen LogP contribution in [0.1, 0.15) is 27.2 Å². The minimum absolute atomic E-state index is 0.236. The molecular formula is C18H22IN3O2S. The van der Waals surface area contributed by atoms with Gasteiger partial charge in [0.25, 0.3) is 0 Å². The summed E-state index contributed by atoms with van der Waals surface area (Å²) in [4.78, 5) is 9.74. The highest BCUT2D eigenvalue weighted by molar-refractivity contribution is 14.1. The van der Waals surface area contributed by atoms with Crippen LogP contribution in [0.15, 0.2) is 35.6 Å². The molecule has 0 fully saturated rings. The molecule has 1 unspecified atom stereocenters. The SMILES string of the molecule is CON=CCC(C)(C)NC(=S)C(C)Oc1ccc2ncc(I)cc2c1. The van der Waals surface area contributed by atoms with Gasteiger partial charge in [0.1, 0.15) is 24.0 Å². The predicted molar refractivity (Wildman–Crippen MR) is 114 cm³/mol. The first-order valence-corrected chi connectivity index (χ1v) is 9.38. The highest BCUT2D eigenvalue weighted by Crippen LogP contribution is 2.22. The highest BCUT2D eigenvalue weighted by Gasteiger charge is 2.21. The largest absolute Gasteiger partial charge is 0.484 e. The molecule has 2 aromatic rings. The number of hydrogen-bond acceptors (Lipinski definition) is 5. The van der Waals surface area contributed by atoms with E-state index in [0.29, 0.717) is 11.4 Å². The Balaban J connectivity index is 2.02. The molecule has 25 heavy (non-hydrogen) atoms. The lowest BCUT2D eigenvalue weighted by Crippen LogP contribution is -2.47. The zero-order valence-electron chi connectivity index (χ0n) is 14.7. The maximum Gasteiger partial charge on any atom is 0.146 e. The summed E-state index contributed by atoms with van der Waals surface area (Å²) in [5.41, 5.74) is 0.708. The molecule has 0 radical (unpaired) electrons. The van der Waals surface area contributed by atoms with Crippen LogP contribution in [0.2, 0.25) is 0 Å². The minimum atomic E-state index is -0.248. The Kier molecular flexibility index (Phi) is 6.95. The van der Waals surface area contributed by atoms with Crippen LogP contribution in [0.25, 0.3) is 10.9 Å². The standard InChI is InChI=1S/C18H22IN3O2S/c1-12(17(25)22-18(2,3)7-8-21-23-4)24-15-5-6-16-13(10-15)9-14(19)11-20-16/h5-6,8-12H,7H2,1-4H3,(H,22,25). The molecule has 0 saturated heterocycles. The Morgan fingerprint density at radius 3 is 2.92 bits per heavy atom. The van der Waals surface area contributed by atoms with E-state index in [9.17, 15) is 0 Å². The van der Waals surface area contributed by atoms with Gasteiger partial charge < -0.3 is 14.9 Å². The molecule has 0 aliphatic heterocycles. The molecule has 1 atom stereocenters. The van der Waals surface area contributed by atoms with Gasteiger partial charge in [-0.15, -0.1) is 0 Å². The zero-order chi connectivity index (χ0) is 18.4. The highest BCUT2D eigenvalue weighted by atomic mass is 127. The lowest BCUT2D eigenvalue weighted by Gasteiger charge is -2.28. The van der Waals surface area contributed by atoms with Crippen LogP contribution in [0.5, 0.6) is 5.75 Å². The normalized spacial score (nSPS) is 13.0. The van der Waals surface area contributed by atoms with Gasteiger partial charge in [0.15, 0.2) is 0 Å². The number of ether oxygens (including phenoxy) is 1. The van der Waals surface area contributed by atoms with E-state index >= 15 is 0 Å². The number of halogens is 1. The number of nitrogens with zero attached hydrogens (tertiary/aromatic N) is 2. The van der Waals surface area contributed by atoms with Gasteiger partial charge >= 0.3 is 0 Å². The van der Waals surface area contributed by atoms with Gasteiger partial charge in [0.05, 0.1) is 5.52 Å². The summed E-state index contributed by atoms with van der Waals surface area (Å²) in [5.74, 6) is 0.770. The summed E-state index contributed by atoms with van der Waals surface area (Å²) in [5, 5.41) is 8.14. The monoisotopic (exact) mass is 471 g/mol. The number of aromatic nitrogens is 1. The molecule has 1 heterocycles. The smallest absolute Gasteiger partial charge is 0.146 e. The average molecular weight is 471 g/mol. The van der Waals surface area contributed by atoms with Crippen molar-refractivity contribution in [3.8, 4) is 5.75 Å². The van der Waals surface area contributed by atoms with E-state index in [2.05, 4.69) is 58.0 Å². The Morgan fingerprint density at radius 2 is 2.20 bits per heavy atom. The van der Waals surface area contributed by atoms with Crippen molar-refractivity contribution in [1.29, 1.82) is 0 Å². The van der Waals surface area contributed by atoms with Crippen LogP contribution < -0.4 is 10.1 Å². The molecule has 1 aromatic heterocycles. The molecule has 0 bridgehead atoms. The van der Waals surface area contributed by atoms with Crippen molar-refractivity contribution in [2.24, 2.45) is 5.16 Å². The van der Waals surface area contributed by atoms with Gasteiger partial charge in [-0.3, -0.25) is 4.98 Å². The number of nitrogens with one attached hydrogen (secondary N) is 1. The molecule has 1 aromatic carbocycles. The fraction of sp³-hybridized carbons (Fsp3) is 0.389. The van der Waals surface area contributed by atoms with Gasteiger partial charge in [0, 0.05) is 33.3 Å². The molecular weight excluding hydrogens is 449 g/mol. The van der Waals surface area contributed by atoms with Gasteiger partial charge in [-0.25, -0.2) is 0 Å². The number of fused-ring (bicyclic) bond motifs is 1. The number of pyridine rings is 1. The molecule has 134 valence electrons. The Bertz CT molecular complexity index is 780. The van der Waals surface area contributed by atoms with Crippen molar-refractivity contribution in [3.63, 3.8) is 0 Å². The third-order valence-electron chi connectivity index (χ3n) is 3.54. The van der Waals surface area contributed by atoms with Gasteiger partial charge in [-0.05, 0) is 67.6 Å². The van der Waals surface area contributed by atoms with Gasteiger partial charge in [-0.2, -0.15) is 0 Å². The number of hydrogen-bond donors (Lipinski definition) is 1. The fourth-order valence-electron chi connectivity index (χ4n) is 2.24. The zero-order valence-corrected chi connectivity index (χ0v) is 17.7. The van der Waals surface area contributed by atoms with E-state index in [1.54, 1.807) is 6.21 Å². The number of benzene rings is 1. The maximum absolute atomic E-state index is 6.00. The van der Waals surface area contributed by atoms with Crippen molar-refractivity contribution in [2.75, 3.05) is 7.11 Å². The number of oxime groups is 1. The molecule has 0 saturated carbocycles. The van der Waals surface area contributed by atoms with Gasteiger partial charge in [0.2, 0.25) is 0 Å². The summed E-state index contributed by atoms with van der Waals surface area (Å²) in [7, 11) is 1.53. The second-order valence-corrected chi connectivity index (χ2v) is 8.00. The fourth-order valence-corrected chi connectivity index (χ4v) is 3.04. The Hall–Kier alpha value is -1.48. The lowest BCUT2D eigenvalue weighted by atomic mass is 10.0. The molecule has 2 rings (SSSR count). The van der Waals surface area contributed by atoms with Crippen LogP contribution in [0.4, 0.5) is 0 Å². The second kappa shape index (κ2) is 8.75. The van der Waals surface area contributed by atoms with Crippen LogP contribution in [-0.4, -0.2) is 34.9 Å². The summed E-state index contributed by atoms with van der Waals surface area (Å²) in [6.07, 6.45) is 4.01. The predicted octanol–water partition coefficient (Wildman–Crippen LogP) is 4.32. The molecule has 1 N–H and O–H groups in total. The van der Waals surface area contributed by atoms with Crippen LogP contribution in [0, 0.1) is 3.57 Å². The van der Waals surface area contributed by atoms with Crippen molar-refractivity contribution in [1.82, 2.24) is 10.3 Å². The van der Waals surface area contributed by atoms with E-state index in [-0.39, 0.29) is 11.6 Å². The summed E-state index contributed by atoms with van der Waals surface area (Å²) < 4.78 is 7.09. The first-order chi connectivity index (χ1) is 11.8. The third-order valence-corrected chi connectivity index (χ3v) is 4.57. The summed E-state index contributed by atoms with van der Waals surface area (Å²) in [6, 6.07) is 7.93. The van der Waals surface area contributed by atoms with E-state index < -0.39 is 0 Å². The molecule has 0 amide bonds. The first kappa shape index (κ1) is 19.8. The van der Waals surface area contributed by atoms with E-state index in [1.807, 2.05) is 31.3 Å². The molecule has 0 aliphatic rings. The molecule has 0 aliphatic carbocycles. The summed E-state index contributed by atoms with van der Waals surface area (Å²) in [6.45, 7) is 6.04. The van der Waals surface area contributed by atoms with E-state index in [1.165, 1.54) is 7.11 Å². The van der Waals surface area contributed by atoms with Crippen molar-refractivity contribution in [2.45, 2.75) is 38.8 Å². The quantitative estimate of drug-likeness (QED) is 0.282. The van der Waals surface area contributed by atoms with Crippen LogP contribution in [-0.2, 0) is 4.84 Å². The first-order valence-electron chi connectivity index (χ1n) is 7.90. The van der Waals surface area contributed by atoms with Crippen LogP contribution >= 0.6 is 34.8 Å². The van der Waals surface area contributed by atoms with Crippen molar-refractivity contribution >= 4 is 56.9 Å². The van der Waals surface area contributed by atoms with E-state index in [4.69, 9.17) is 21.8 Å². The number of thiocarbonyl (C=S) groups is 1. The van der Waals surface area contributed by atoms with Gasteiger partial charge in [-0.1, -0.05) is 17.4 Å².